The van der Waals surface area contributed by atoms with Gasteiger partial charge in [0.25, 0.3) is 0 Å². The van der Waals surface area contributed by atoms with Crippen molar-refractivity contribution in [2.24, 2.45) is 0 Å². The first-order valence-corrected chi connectivity index (χ1v) is 8.77. The summed E-state index contributed by atoms with van der Waals surface area (Å²) in [4.78, 5) is 11.7. The highest BCUT2D eigenvalue weighted by Gasteiger charge is 2.32. The highest BCUT2D eigenvalue weighted by molar-refractivity contribution is 7.89. The highest BCUT2D eigenvalue weighted by Crippen LogP contribution is 2.27. The van der Waals surface area contributed by atoms with Crippen molar-refractivity contribution in [1.29, 1.82) is 0 Å². The van der Waals surface area contributed by atoms with Gasteiger partial charge in [0, 0.05) is 24.2 Å². The predicted molar refractivity (Wildman–Crippen MR) is 90.9 cm³/mol. The summed E-state index contributed by atoms with van der Waals surface area (Å²) in [5.41, 5.74) is 0.00244. The fourth-order valence-electron chi connectivity index (χ4n) is 2.51. The molecule has 0 spiro atoms. The molecule has 0 aliphatic carbocycles. The van der Waals surface area contributed by atoms with Gasteiger partial charge in [-0.2, -0.15) is 4.31 Å². The van der Waals surface area contributed by atoms with Gasteiger partial charge in [-0.15, -0.1) is 12.4 Å². The fourth-order valence-corrected chi connectivity index (χ4v) is 4.42. The molecule has 1 saturated heterocycles. The van der Waals surface area contributed by atoms with Crippen molar-refractivity contribution in [1.82, 2.24) is 9.62 Å². The van der Waals surface area contributed by atoms with Gasteiger partial charge in [-0.05, 0) is 38.1 Å². The van der Waals surface area contributed by atoms with Crippen molar-refractivity contribution in [3.05, 3.63) is 28.8 Å². The molecule has 0 amide bonds. The normalized spacial score (nSPS) is 16.7. The van der Waals surface area contributed by atoms with E-state index in [-0.39, 0.29) is 27.9 Å². The Labute approximate surface area is 147 Å². The molecule has 1 N–H and O–H groups in total. The van der Waals surface area contributed by atoms with Gasteiger partial charge in [-0.1, -0.05) is 11.6 Å². The molecule has 130 valence electrons. The molecule has 1 aliphatic rings. The number of sulfonamides is 1. The van der Waals surface area contributed by atoms with E-state index in [0.717, 1.165) is 12.8 Å². The quantitative estimate of drug-likeness (QED) is 0.805. The van der Waals surface area contributed by atoms with E-state index in [1.54, 1.807) is 0 Å². The van der Waals surface area contributed by atoms with Crippen LogP contribution >= 0.6 is 24.0 Å². The third-order valence-corrected chi connectivity index (χ3v) is 6.00. The average molecular weight is 383 g/mol. The summed E-state index contributed by atoms with van der Waals surface area (Å²) in [5, 5.41) is 3.41. The number of esters is 1. The number of rotatable bonds is 4. The number of ether oxygens (including phenoxy) is 1. The summed E-state index contributed by atoms with van der Waals surface area (Å²) < 4.78 is 31.7. The molecule has 1 aromatic carbocycles. The minimum Gasteiger partial charge on any atom is -0.465 e. The van der Waals surface area contributed by atoms with Gasteiger partial charge < -0.3 is 10.1 Å². The molecule has 6 nitrogen and oxygen atoms in total. The smallest absolute Gasteiger partial charge is 0.339 e. The third-order valence-electron chi connectivity index (χ3n) is 3.83. The first-order valence-electron chi connectivity index (χ1n) is 6.95. The molecule has 1 heterocycles. The Morgan fingerprint density at radius 1 is 1.35 bits per heavy atom. The van der Waals surface area contributed by atoms with E-state index < -0.39 is 16.0 Å². The maximum atomic E-state index is 12.8. The molecule has 0 atom stereocenters. The van der Waals surface area contributed by atoms with E-state index in [0.29, 0.717) is 19.1 Å². The van der Waals surface area contributed by atoms with E-state index in [4.69, 9.17) is 11.6 Å². The van der Waals surface area contributed by atoms with Crippen LogP contribution in [0.3, 0.4) is 0 Å². The van der Waals surface area contributed by atoms with Crippen LogP contribution in [0.2, 0.25) is 5.02 Å². The SMILES string of the molecule is CNC1CCN(S(=O)(=O)c2cc(Cl)ccc2C(=O)OC)CC1.Cl. The number of carbonyl (C=O) groups excluding carboxylic acids is 1. The molecule has 0 bridgehead atoms. The molecule has 1 aliphatic heterocycles. The summed E-state index contributed by atoms with van der Waals surface area (Å²) >= 11 is 5.91. The average Bonchev–Trinajstić information content (AvgIpc) is 2.54. The van der Waals surface area contributed by atoms with Crippen LogP contribution in [-0.4, -0.2) is 52.0 Å². The number of piperidine rings is 1. The Morgan fingerprint density at radius 3 is 2.48 bits per heavy atom. The second-order valence-corrected chi connectivity index (χ2v) is 7.44. The fraction of sp³-hybridized carbons (Fsp3) is 0.500. The van der Waals surface area contributed by atoms with Gasteiger partial charge in [-0.3, -0.25) is 0 Å². The summed E-state index contributed by atoms with van der Waals surface area (Å²) in [7, 11) is -0.705. The third kappa shape index (κ3) is 4.36. The van der Waals surface area contributed by atoms with E-state index in [1.807, 2.05) is 7.05 Å². The topological polar surface area (TPSA) is 75.7 Å². The maximum absolute atomic E-state index is 12.8. The number of halogens is 2. The minimum absolute atomic E-state index is 0. The molecule has 2 rings (SSSR count). The number of hydrogen-bond donors (Lipinski definition) is 1. The van der Waals surface area contributed by atoms with Gasteiger partial charge in [0.2, 0.25) is 10.0 Å². The van der Waals surface area contributed by atoms with Gasteiger partial charge in [-0.25, -0.2) is 13.2 Å². The second kappa shape index (κ2) is 8.30. The first kappa shape index (κ1) is 20.2. The summed E-state index contributed by atoms with van der Waals surface area (Å²) in [5.74, 6) is -0.694. The maximum Gasteiger partial charge on any atom is 0.339 e. The number of carbonyl (C=O) groups is 1. The van der Waals surface area contributed by atoms with Gasteiger partial charge >= 0.3 is 5.97 Å². The van der Waals surface area contributed by atoms with E-state index in [1.165, 1.54) is 29.6 Å². The van der Waals surface area contributed by atoms with Crippen molar-refractivity contribution in [2.75, 3.05) is 27.2 Å². The Balaban J connectivity index is 0.00000264. The Kier molecular flexibility index (Phi) is 7.29. The van der Waals surface area contributed by atoms with Crippen molar-refractivity contribution >= 4 is 40.0 Å². The molecule has 0 aromatic heterocycles. The zero-order valence-corrected chi connectivity index (χ0v) is 15.3. The lowest BCUT2D eigenvalue weighted by molar-refractivity contribution is 0.0596. The number of benzene rings is 1. The lowest BCUT2D eigenvalue weighted by Gasteiger charge is -2.31. The Bertz CT molecular complexity index is 659. The Hall–Kier alpha value is -0.860. The lowest BCUT2D eigenvalue weighted by atomic mass is 10.1. The van der Waals surface area contributed by atoms with Crippen molar-refractivity contribution in [3.8, 4) is 0 Å². The molecule has 0 radical (unpaired) electrons. The summed E-state index contributed by atoms with van der Waals surface area (Å²) in [6, 6.07) is 4.46. The van der Waals surface area contributed by atoms with Crippen molar-refractivity contribution in [2.45, 2.75) is 23.8 Å². The molecule has 0 unspecified atom stereocenters. The van der Waals surface area contributed by atoms with Gasteiger partial charge in [0.15, 0.2) is 0 Å². The highest BCUT2D eigenvalue weighted by atomic mass is 35.5. The van der Waals surface area contributed by atoms with Crippen LogP contribution in [0.1, 0.15) is 23.2 Å². The van der Waals surface area contributed by atoms with Crippen LogP contribution in [0.5, 0.6) is 0 Å². The van der Waals surface area contributed by atoms with Crippen LogP contribution in [0, 0.1) is 0 Å². The van der Waals surface area contributed by atoms with Crippen molar-refractivity contribution in [3.63, 3.8) is 0 Å². The van der Waals surface area contributed by atoms with Crippen LogP contribution in [0.4, 0.5) is 0 Å². The van der Waals surface area contributed by atoms with Crippen LogP contribution in [-0.2, 0) is 14.8 Å². The van der Waals surface area contributed by atoms with Gasteiger partial charge in [0.1, 0.15) is 0 Å². The second-order valence-electron chi connectivity index (χ2n) is 5.10. The number of nitrogens with one attached hydrogen (secondary N) is 1. The van der Waals surface area contributed by atoms with E-state index in [2.05, 4.69) is 10.1 Å². The number of methoxy groups -OCH3 is 1. The summed E-state index contributed by atoms with van der Waals surface area (Å²) in [6.07, 6.45) is 1.45. The van der Waals surface area contributed by atoms with Crippen LogP contribution in [0.15, 0.2) is 23.1 Å². The standard InChI is InChI=1S/C14H19ClN2O4S.ClH/c1-16-11-5-7-17(8-6-11)22(19,20)13-9-10(15)3-4-12(13)14(18)21-2;/h3-4,9,11,16H,5-8H2,1-2H3;1H. The molecule has 23 heavy (non-hydrogen) atoms. The van der Waals surface area contributed by atoms with Crippen LogP contribution in [0.25, 0.3) is 0 Å². The molecule has 9 heteroatoms. The number of hydrogen-bond acceptors (Lipinski definition) is 5. The predicted octanol–water partition coefficient (Wildman–Crippen LogP) is 1.92. The zero-order valence-electron chi connectivity index (χ0n) is 12.9. The van der Waals surface area contributed by atoms with E-state index >= 15 is 0 Å². The largest absolute Gasteiger partial charge is 0.465 e. The Morgan fingerprint density at radius 2 is 1.96 bits per heavy atom. The minimum atomic E-state index is -3.78. The van der Waals surface area contributed by atoms with Crippen molar-refractivity contribution < 1.29 is 17.9 Å². The van der Waals surface area contributed by atoms with Crippen LogP contribution < -0.4 is 5.32 Å². The monoisotopic (exact) mass is 382 g/mol. The lowest BCUT2D eigenvalue weighted by Crippen LogP contribution is -2.44. The number of nitrogens with zero attached hydrogens (tertiary/aromatic N) is 1. The molecular weight excluding hydrogens is 363 g/mol. The molecule has 0 saturated carbocycles. The zero-order chi connectivity index (χ0) is 16.3. The first-order chi connectivity index (χ1) is 10.4. The van der Waals surface area contributed by atoms with Gasteiger partial charge in [0.05, 0.1) is 17.6 Å². The summed E-state index contributed by atoms with van der Waals surface area (Å²) in [6.45, 7) is 0.807. The molecular formula is C14H20Cl2N2O4S. The van der Waals surface area contributed by atoms with E-state index in [9.17, 15) is 13.2 Å². The molecule has 1 aromatic rings. The molecule has 1 fully saturated rings.